The van der Waals surface area contributed by atoms with E-state index in [4.69, 9.17) is 17.6 Å². The predicted molar refractivity (Wildman–Crippen MR) is 208 cm³/mol. The quantitative estimate of drug-likeness (QED) is 0.171. The molecule has 0 saturated carbocycles. The Labute approximate surface area is 288 Å². The summed E-state index contributed by atoms with van der Waals surface area (Å²) in [5.41, 5.74) is 9.54. The maximum absolute atomic E-state index is 7.58. The summed E-state index contributed by atoms with van der Waals surface area (Å²) in [4.78, 5) is 7.38. The molecule has 11 aromatic rings. The lowest BCUT2D eigenvalue weighted by atomic mass is 10.1. The molecule has 0 amide bonds. The number of thiophene rings is 1. The molecule has 0 aliphatic heterocycles. The van der Waals surface area contributed by atoms with E-state index in [1.165, 1.54) is 25.6 Å². The van der Waals surface area contributed by atoms with Gasteiger partial charge in [-0.15, -0.1) is 11.3 Å². The highest BCUT2D eigenvalue weighted by Gasteiger charge is 2.19. The van der Waals surface area contributed by atoms with Crippen molar-refractivity contribution in [2.75, 3.05) is 0 Å². The van der Waals surface area contributed by atoms with Gasteiger partial charge < -0.3 is 13.6 Å². The summed E-state index contributed by atoms with van der Waals surface area (Å²) in [6.07, 6.45) is 0. The molecule has 0 unspecified atom stereocenters. The van der Waals surface area contributed by atoms with E-state index >= 15 is 0 Å². The van der Waals surface area contributed by atoms with Crippen LogP contribution in [0.15, 0.2) is 138 Å². The van der Waals surface area contributed by atoms with Gasteiger partial charge in [0, 0.05) is 47.7 Å². The highest BCUT2D eigenvalue weighted by Crippen LogP contribution is 2.45. The van der Waals surface area contributed by atoms with Crippen LogP contribution in [0.25, 0.3) is 107 Å². The number of nitrogens with zero attached hydrogens (tertiary/aromatic N) is 4. The molecular formula is C44H22N4OS. The van der Waals surface area contributed by atoms with Crippen molar-refractivity contribution in [3.8, 4) is 11.4 Å². The van der Waals surface area contributed by atoms with Crippen molar-refractivity contribution >= 4 is 108 Å². The van der Waals surface area contributed by atoms with Gasteiger partial charge in [0.25, 0.3) is 0 Å². The maximum atomic E-state index is 7.58. The molecule has 0 fully saturated rings. The molecule has 230 valence electrons. The van der Waals surface area contributed by atoms with Gasteiger partial charge in [0.05, 0.1) is 35.2 Å². The Morgan fingerprint density at radius 3 is 1.76 bits per heavy atom. The van der Waals surface area contributed by atoms with Crippen molar-refractivity contribution in [1.82, 2.24) is 9.13 Å². The van der Waals surface area contributed by atoms with Crippen LogP contribution in [0, 0.1) is 13.1 Å². The van der Waals surface area contributed by atoms with Crippen LogP contribution in [0.5, 0.6) is 0 Å². The first-order valence-corrected chi connectivity index (χ1v) is 17.1. The molecule has 6 heteroatoms. The average molecular weight is 655 g/mol. The maximum Gasteiger partial charge on any atom is 0.188 e. The van der Waals surface area contributed by atoms with E-state index in [2.05, 4.69) is 128 Å². The zero-order valence-electron chi connectivity index (χ0n) is 26.3. The molecule has 0 aliphatic carbocycles. The van der Waals surface area contributed by atoms with E-state index in [0.717, 1.165) is 71.5 Å². The van der Waals surface area contributed by atoms with Crippen molar-refractivity contribution < 1.29 is 4.42 Å². The van der Waals surface area contributed by atoms with Crippen molar-refractivity contribution in [1.29, 1.82) is 0 Å². The van der Waals surface area contributed by atoms with Gasteiger partial charge in [-0.1, -0.05) is 60.7 Å². The van der Waals surface area contributed by atoms with Gasteiger partial charge >= 0.3 is 0 Å². The summed E-state index contributed by atoms with van der Waals surface area (Å²) in [5, 5.41) is 9.05. The van der Waals surface area contributed by atoms with E-state index in [-0.39, 0.29) is 0 Å². The summed E-state index contributed by atoms with van der Waals surface area (Å²) in [5.74, 6) is 0. The van der Waals surface area contributed by atoms with Crippen LogP contribution >= 0.6 is 11.3 Å². The number of para-hydroxylation sites is 2. The lowest BCUT2D eigenvalue weighted by Gasteiger charge is -2.09. The monoisotopic (exact) mass is 654 g/mol. The van der Waals surface area contributed by atoms with Crippen LogP contribution in [-0.4, -0.2) is 9.13 Å². The Kier molecular flexibility index (Phi) is 5.34. The molecule has 0 spiro atoms. The third-order valence-electron chi connectivity index (χ3n) is 10.1. The Bertz CT molecular complexity index is 3360. The highest BCUT2D eigenvalue weighted by atomic mass is 32.1. The van der Waals surface area contributed by atoms with Gasteiger partial charge in [0.1, 0.15) is 11.2 Å². The normalized spacial score (nSPS) is 12.0. The van der Waals surface area contributed by atoms with Gasteiger partial charge in [0.15, 0.2) is 11.4 Å². The van der Waals surface area contributed by atoms with Crippen molar-refractivity contribution in [3.05, 3.63) is 156 Å². The molecule has 0 radical (unpaired) electrons. The van der Waals surface area contributed by atoms with Gasteiger partial charge in [-0.05, 0) is 89.0 Å². The second-order valence-electron chi connectivity index (χ2n) is 12.7. The molecule has 4 aromatic heterocycles. The number of hydrogen-bond acceptors (Lipinski definition) is 2. The van der Waals surface area contributed by atoms with Gasteiger partial charge in [-0.3, -0.25) is 0 Å². The van der Waals surface area contributed by atoms with E-state index in [1.807, 2.05) is 24.3 Å². The smallest absolute Gasteiger partial charge is 0.188 e. The minimum Gasteiger partial charge on any atom is -0.456 e. The van der Waals surface area contributed by atoms with Crippen LogP contribution in [0.1, 0.15) is 0 Å². The van der Waals surface area contributed by atoms with E-state index in [1.54, 1.807) is 11.3 Å². The standard InChI is InChI=1S/C44H22N4OS/c1-45-25-11-16-38-32(21-25)29-7-3-5-9-36(29)47(38)27-13-18-40-33(23-27)34-24-28(14-19-41(34)49-40)48-37-10-6-4-8-31(37)43-39(48)17-15-30-35-22-26(46-2)12-20-42(35)50-44(30)43/h3-24H. The Balaban J connectivity index is 1.16. The second kappa shape index (κ2) is 9.84. The van der Waals surface area contributed by atoms with Crippen LogP contribution in [0.3, 0.4) is 0 Å². The molecule has 50 heavy (non-hydrogen) atoms. The summed E-state index contributed by atoms with van der Waals surface area (Å²) in [6, 6.07) is 46.3. The van der Waals surface area contributed by atoms with Crippen LogP contribution < -0.4 is 0 Å². The summed E-state index contributed by atoms with van der Waals surface area (Å²) in [6.45, 7) is 15.1. The molecular weight excluding hydrogens is 633 g/mol. The Morgan fingerprint density at radius 1 is 0.460 bits per heavy atom. The third kappa shape index (κ3) is 3.58. The first kappa shape index (κ1) is 27.1. The number of hydrogen-bond donors (Lipinski definition) is 0. The lowest BCUT2D eigenvalue weighted by molar-refractivity contribution is 0.669. The van der Waals surface area contributed by atoms with Gasteiger partial charge in [-0.25, -0.2) is 9.69 Å². The first-order chi connectivity index (χ1) is 24.7. The topological polar surface area (TPSA) is 31.7 Å². The summed E-state index contributed by atoms with van der Waals surface area (Å²) in [7, 11) is 0. The lowest BCUT2D eigenvalue weighted by Crippen LogP contribution is -1.94. The number of benzene rings is 7. The number of aromatic nitrogens is 2. The highest BCUT2D eigenvalue weighted by molar-refractivity contribution is 7.26. The van der Waals surface area contributed by atoms with Crippen LogP contribution in [-0.2, 0) is 0 Å². The molecule has 0 atom stereocenters. The minimum absolute atomic E-state index is 0.636. The molecule has 0 saturated heterocycles. The van der Waals surface area contributed by atoms with Crippen molar-refractivity contribution in [3.63, 3.8) is 0 Å². The van der Waals surface area contributed by atoms with Crippen molar-refractivity contribution in [2.45, 2.75) is 0 Å². The fourth-order valence-electron chi connectivity index (χ4n) is 7.96. The fraction of sp³-hybridized carbons (Fsp3) is 0. The third-order valence-corrected chi connectivity index (χ3v) is 11.3. The van der Waals surface area contributed by atoms with Crippen molar-refractivity contribution in [2.24, 2.45) is 0 Å². The zero-order chi connectivity index (χ0) is 33.1. The average Bonchev–Trinajstić information content (AvgIpc) is 3.91. The second-order valence-corrected chi connectivity index (χ2v) is 13.8. The molecule has 4 heterocycles. The molecule has 0 bridgehead atoms. The Morgan fingerprint density at radius 2 is 1.04 bits per heavy atom. The molecule has 7 aromatic carbocycles. The predicted octanol–water partition coefficient (Wildman–Crippen LogP) is 13.2. The molecule has 11 rings (SSSR count). The molecule has 0 N–H and O–H groups in total. The Hall–Kier alpha value is -6.86. The van der Waals surface area contributed by atoms with Crippen LogP contribution in [0.4, 0.5) is 11.4 Å². The van der Waals surface area contributed by atoms with Crippen LogP contribution in [0.2, 0.25) is 0 Å². The largest absolute Gasteiger partial charge is 0.456 e. The van der Waals surface area contributed by atoms with E-state index in [9.17, 15) is 0 Å². The summed E-state index contributed by atoms with van der Waals surface area (Å²) < 4.78 is 13.5. The van der Waals surface area contributed by atoms with Gasteiger partial charge in [-0.2, -0.15) is 0 Å². The van der Waals surface area contributed by atoms with E-state index in [0.29, 0.717) is 11.4 Å². The molecule has 5 nitrogen and oxygen atoms in total. The number of rotatable bonds is 2. The number of furan rings is 1. The fourth-order valence-corrected chi connectivity index (χ4v) is 9.20. The minimum atomic E-state index is 0.636. The zero-order valence-corrected chi connectivity index (χ0v) is 27.1. The van der Waals surface area contributed by atoms with Gasteiger partial charge in [0.2, 0.25) is 0 Å². The SMILES string of the molecule is [C-]#[N+]c1ccc2sc3c(ccc4c3c3ccccc3n4-c3ccc4oc5ccc(-n6c7ccccc7c7cc([N+]#[C-])ccc76)cc5c4c3)c2c1. The molecule has 0 aliphatic rings. The van der Waals surface area contributed by atoms with E-state index < -0.39 is 0 Å². The summed E-state index contributed by atoms with van der Waals surface area (Å²) >= 11 is 1.80. The first-order valence-electron chi connectivity index (χ1n) is 16.3. The number of fused-ring (bicyclic) bond motifs is 13.